The van der Waals surface area contributed by atoms with E-state index < -0.39 is 66.5 Å². The molecule has 21 nitrogen and oxygen atoms in total. The van der Waals surface area contributed by atoms with Gasteiger partial charge in [0.2, 0.25) is 0 Å². The summed E-state index contributed by atoms with van der Waals surface area (Å²) in [6.45, 7) is 2.08. The van der Waals surface area contributed by atoms with Crippen LogP contribution in [0.2, 0.25) is 0 Å². The molecule has 0 radical (unpaired) electrons. The molecule has 0 amide bonds. The quantitative estimate of drug-likeness (QED) is 0.00983. The molecule has 494 valence electrons. The van der Waals surface area contributed by atoms with E-state index in [1.165, 1.54) is 12.7 Å². The number of esters is 5. The maximum atomic E-state index is 13.3. The number of aliphatic hydroxyl groups excluding tert-OH is 3. The molecule has 12 unspecified atom stereocenters. The van der Waals surface area contributed by atoms with Gasteiger partial charge in [-0.2, -0.15) is 0 Å². The summed E-state index contributed by atoms with van der Waals surface area (Å²) in [5, 5.41) is 35.4. The Bertz CT molecular complexity index is 3120. The van der Waals surface area contributed by atoms with Gasteiger partial charge in [-0.25, -0.2) is 9.59 Å². The number of epoxide rings is 1. The van der Waals surface area contributed by atoms with E-state index >= 15 is 0 Å². The zero-order chi connectivity index (χ0) is 63.5. The Hall–Kier alpha value is -6.22. The van der Waals surface area contributed by atoms with Gasteiger partial charge in [-0.1, -0.05) is 48.5 Å². The number of halogens is 1. The second-order valence-corrected chi connectivity index (χ2v) is 27.4. The van der Waals surface area contributed by atoms with Crippen LogP contribution in [0.15, 0.2) is 97.1 Å². The van der Waals surface area contributed by atoms with Gasteiger partial charge in [0, 0.05) is 21.5 Å². The van der Waals surface area contributed by atoms with Crippen LogP contribution >= 0.6 is 0 Å². The van der Waals surface area contributed by atoms with Crippen molar-refractivity contribution in [2.75, 3.05) is 73.0 Å². The number of aliphatic hydroxyl groups is 3. The van der Waals surface area contributed by atoms with Gasteiger partial charge in [0.25, 0.3) is 0 Å². The topological polar surface area (TPSA) is 269 Å². The Kier molecular flexibility index (Phi) is 25.3. The van der Waals surface area contributed by atoms with Crippen LogP contribution in [-0.4, -0.2) is 167 Å². The fourth-order valence-corrected chi connectivity index (χ4v) is 14.5. The van der Waals surface area contributed by atoms with Gasteiger partial charge in [-0.15, -0.1) is 0 Å². The first-order valence-electron chi connectivity index (χ1n) is 31.8. The molecule has 5 aromatic rings. The van der Waals surface area contributed by atoms with Crippen LogP contribution in [0.25, 0.3) is 21.5 Å². The number of hydrogen-bond donors (Lipinski definition) is 3. The van der Waals surface area contributed by atoms with Gasteiger partial charge in [-0.3, -0.25) is 9.59 Å². The van der Waals surface area contributed by atoms with E-state index in [4.69, 9.17) is 61.6 Å². The fraction of sp³-hybridized carbons (Fsp3) is 0.551. The Morgan fingerprint density at radius 3 is 1.42 bits per heavy atom. The molecular weight excluding hydrogens is 1290 g/mol. The molecule has 5 aliphatic rings. The predicted molar refractivity (Wildman–Crippen MR) is 323 cm³/mol. The molecule has 0 aromatic heterocycles. The molecule has 10 rings (SSSR count). The normalized spacial score (nSPS) is 25.4. The summed E-state index contributed by atoms with van der Waals surface area (Å²) in [7, 11) is 0. The van der Waals surface area contributed by atoms with Crippen molar-refractivity contribution >= 4 is 51.4 Å². The maximum absolute atomic E-state index is 13.3. The molecule has 0 bridgehead atoms. The van der Waals surface area contributed by atoms with E-state index in [9.17, 15) is 39.3 Å². The molecule has 5 aromatic carbocycles. The van der Waals surface area contributed by atoms with Crippen LogP contribution in [0.3, 0.4) is 0 Å². The Balaban J connectivity index is 0.572. The zero-order valence-electron chi connectivity index (χ0n) is 51.4. The van der Waals surface area contributed by atoms with Crippen LogP contribution < -0.4 is 35.4 Å². The van der Waals surface area contributed by atoms with E-state index in [1.54, 1.807) is 0 Å². The first-order chi connectivity index (χ1) is 44.3. The molecule has 3 N–H and O–H groups in total. The van der Waals surface area contributed by atoms with Gasteiger partial charge >= 0.3 is 188 Å². The molecule has 22 heteroatoms. The molecule has 0 spiro atoms. The third-order valence-corrected chi connectivity index (χ3v) is 20.0. The van der Waals surface area contributed by atoms with E-state index in [0.29, 0.717) is 99.8 Å². The number of aryl methyl sites for hydroxylation is 1. The number of benzene rings is 5. The van der Waals surface area contributed by atoms with Crippen molar-refractivity contribution in [3.8, 4) is 17.2 Å². The van der Waals surface area contributed by atoms with Gasteiger partial charge in [0.05, 0.1) is 76.9 Å². The summed E-state index contributed by atoms with van der Waals surface area (Å²) in [6.07, 6.45) is 3.01. The molecule has 4 aliphatic carbocycles. The molecular formula is C69H84IO21-. The van der Waals surface area contributed by atoms with E-state index in [1.807, 2.05) is 72.8 Å². The van der Waals surface area contributed by atoms with Crippen LogP contribution in [0.5, 0.6) is 17.2 Å². The van der Waals surface area contributed by atoms with Crippen LogP contribution in [-0.2, 0) is 71.3 Å². The molecule has 12 atom stereocenters. The van der Waals surface area contributed by atoms with E-state index in [2.05, 4.69) is 31.2 Å². The number of carbonyl (C=O) groups excluding carboxylic acids is 5. The summed E-state index contributed by atoms with van der Waals surface area (Å²) in [4.78, 5) is 63.8. The first kappa shape index (κ1) is 67.7. The number of carbonyl (C=O) groups is 5. The third-order valence-electron chi connectivity index (χ3n) is 17.3. The Morgan fingerprint density at radius 2 is 0.901 bits per heavy atom. The van der Waals surface area contributed by atoms with Crippen molar-refractivity contribution in [1.29, 1.82) is 0 Å². The summed E-state index contributed by atoms with van der Waals surface area (Å²) >= 11 is -0.326. The van der Waals surface area contributed by atoms with Gasteiger partial charge in [0.1, 0.15) is 50.5 Å². The second-order valence-electron chi connectivity index (χ2n) is 24.3. The summed E-state index contributed by atoms with van der Waals surface area (Å²) in [6, 6.07) is 31.3. The van der Waals surface area contributed by atoms with Crippen molar-refractivity contribution in [3.05, 3.63) is 110 Å². The number of rotatable bonds is 32. The minimum absolute atomic E-state index is 0.000463. The molecule has 5 fully saturated rings. The Labute approximate surface area is 540 Å². The monoisotopic (exact) mass is 1380 g/mol. The molecule has 1 saturated heterocycles. The number of hydrogen-bond acceptors (Lipinski definition) is 21. The average Bonchev–Trinajstić information content (AvgIpc) is 1.47. The van der Waals surface area contributed by atoms with Gasteiger partial charge < -0.3 is 62.3 Å². The van der Waals surface area contributed by atoms with Crippen molar-refractivity contribution < 1.29 is 122 Å². The molecule has 91 heavy (non-hydrogen) atoms. The number of ether oxygens (including phenoxy) is 13. The van der Waals surface area contributed by atoms with Crippen molar-refractivity contribution in [2.24, 2.45) is 23.7 Å². The van der Waals surface area contributed by atoms with Gasteiger partial charge in [0.15, 0.2) is 0 Å². The second kappa shape index (κ2) is 34.1. The predicted octanol–water partition coefficient (Wildman–Crippen LogP) is 4.90. The van der Waals surface area contributed by atoms with Crippen LogP contribution in [0, 0.1) is 37.7 Å². The van der Waals surface area contributed by atoms with E-state index in [-0.39, 0.29) is 118 Å². The molecule has 1 aliphatic heterocycles. The SMILES string of the molecule is Cc1ccc([I-]c2ccc(OCC(=O)OC3CCC(COC(=O)COCOCC4CCC(O)C(OC(=O)CCOc5c6ccccc6c(OCCC(=O)OC6CCC(COC(=O)COCOCC7CCC8OC8C7)CC6O)c6ccccc56)C4)CC3O)cc2)cc1. The number of fused-ring (bicyclic) bond motifs is 3. The average molecular weight is 1380 g/mol. The van der Waals surface area contributed by atoms with Crippen molar-refractivity contribution in [2.45, 2.75) is 146 Å². The van der Waals surface area contributed by atoms with Crippen LogP contribution in [0.1, 0.15) is 95.5 Å². The third kappa shape index (κ3) is 20.6. The minimum atomic E-state index is -0.917. The zero-order valence-corrected chi connectivity index (χ0v) is 53.6. The van der Waals surface area contributed by atoms with Crippen LogP contribution in [0.4, 0.5) is 0 Å². The Morgan fingerprint density at radius 1 is 0.440 bits per heavy atom. The summed E-state index contributed by atoms with van der Waals surface area (Å²) in [5.74, 6) is -0.867. The first-order valence-corrected chi connectivity index (χ1v) is 34.0. The molecule has 4 saturated carbocycles. The summed E-state index contributed by atoms with van der Waals surface area (Å²) < 4.78 is 76.4. The van der Waals surface area contributed by atoms with E-state index in [0.717, 1.165) is 40.8 Å². The van der Waals surface area contributed by atoms with Gasteiger partial charge in [-0.05, 0) is 75.5 Å². The standard InChI is InChI=1S/C69H84IO21/c1-43-10-16-48(17-11-43)70-49-18-20-50(21-19-49)85-40-67(78)90-59-24-14-45(31-57(59)73)37-87-65(76)38-81-41-79-34-46-12-22-55(71)61(32-46)91-64(75)27-29-84-69-53-8-4-2-6-51(53)68(52-7-3-5-9-54(52)69)83-28-26-63(74)89-58-23-13-44(30-56(58)72)36-86-66(77)39-82-42-80-35-47-15-25-60-62(33-47)88-60/h2-11,16-21,44-47,55-62,71-73H,12-15,22-42H2,1H3/q-1. The van der Waals surface area contributed by atoms with Crippen molar-refractivity contribution in [3.63, 3.8) is 0 Å². The van der Waals surface area contributed by atoms with Crippen molar-refractivity contribution in [1.82, 2.24) is 0 Å². The molecule has 1 heterocycles. The fourth-order valence-electron chi connectivity index (χ4n) is 12.3. The summed E-state index contributed by atoms with van der Waals surface area (Å²) in [5.41, 5.74) is 1.23.